The normalized spacial score (nSPS) is 14.1. The lowest BCUT2D eigenvalue weighted by molar-refractivity contribution is -0.121. The van der Waals surface area contributed by atoms with E-state index in [9.17, 15) is 4.79 Å². The zero-order valence-corrected chi connectivity index (χ0v) is 18.6. The van der Waals surface area contributed by atoms with Crippen molar-refractivity contribution in [1.82, 2.24) is 5.32 Å². The van der Waals surface area contributed by atoms with Gasteiger partial charge in [0, 0.05) is 21.0 Å². The molecule has 0 saturated heterocycles. The van der Waals surface area contributed by atoms with Gasteiger partial charge in [-0.05, 0) is 40.6 Å². The van der Waals surface area contributed by atoms with E-state index >= 15 is 0 Å². The molecule has 2 heterocycles. The topological polar surface area (TPSA) is 47.6 Å². The maximum atomic E-state index is 13.0. The van der Waals surface area contributed by atoms with Crippen LogP contribution in [0.3, 0.4) is 0 Å². The maximum Gasteiger partial charge on any atom is 0.225 e. The van der Waals surface area contributed by atoms with Gasteiger partial charge in [-0.1, -0.05) is 55.8 Å². The highest BCUT2D eigenvalue weighted by Crippen LogP contribution is 2.33. The molecular weight excluding hydrogens is 418 g/mol. The summed E-state index contributed by atoms with van der Waals surface area (Å²) in [7, 11) is 0. The average molecular weight is 442 g/mol. The number of ether oxygens (including phenoxy) is 2. The Bertz CT molecular complexity index is 1020. The summed E-state index contributed by atoms with van der Waals surface area (Å²) in [6.07, 6.45) is 0.189. The molecule has 1 N–H and O–H groups in total. The third-order valence-electron chi connectivity index (χ3n) is 5.17. The van der Waals surface area contributed by atoms with Crippen LogP contribution in [0.2, 0.25) is 5.02 Å². The predicted octanol–water partition coefficient (Wildman–Crippen LogP) is 5.84. The van der Waals surface area contributed by atoms with E-state index in [1.54, 1.807) is 17.4 Å². The van der Waals surface area contributed by atoms with Crippen molar-refractivity contribution in [2.45, 2.75) is 38.8 Å². The first kappa shape index (κ1) is 20.9. The van der Waals surface area contributed by atoms with Gasteiger partial charge in [-0.25, -0.2) is 0 Å². The smallest absolute Gasteiger partial charge is 0.225 e. The first-order chi connectivity index (χ1) is 14.5. The molecular formula is C24H24ClNO3S. The van der Waals surface area contributed by atoms with Gasteiger partial charge in [0.2, 0.25) is 5.91 Å². The van der Waals surface area contributed by atoms with Gasteiger partial charge in [0.05, 0.1) is 19.1 Å². The van der Waals surface area contributed by atoms with E-state index in [2.05, 4.69) is 43.4 Å². The molecule has 1 aromatic heterocycles. The van der Waals surface area contributed by atoms with Crippen LogP contribution in [0.15, 0.2) is 53.9 Å². The molecule has 4 rings (SSSR count). The minimum atomic E-state index is -0.196. The molecule has 6 heteroatoms. The van der Waals surface area contributed by atoms with Crippen LogP contribution in [0.5, 0.6) is 5.75 Å². The molecule has 0 saturated carbocycles. The van der Waals surface area contributed by atoms with Crippen LogP contribution in [0.1, 0.15) is 52.9 Å². The molecule has 1 amide bonds. The minimum absolute atomic E-state index is 0.0825. The van der Waals surface area contributed by atoms with E-state index < -0.39 is 0 Å². The monoisotopic (exact) mass is 441 g/mol. The molecule has 1 aliphatic heterocycles. The number of benzene rings is 2. The largest absolute Gasteiger partial charge is 0.467 e. The summed E-state index contributed by atoms with van der Waals surface area (Å²) in [6, 6.07) is 15.9. The van der Waals surface area contributed by atoms with Crippen molar-refractivity contribution in [1.29, 1.82) is 0 Å². The van der Waals surface area contributed by atoms with E-state index in [4.69, 9.17) is 21.1 Å². The first-order valence-corrected chi connectivity index (χ1v) is 11.2. The molecule has 0 unspecified atom stereocenters. The molecule has 1 aliphatic rings. The van der Waals surface area contributed by atoms with E-state index in [1.165, 1.54) is 5.56 Å². The van der Waals surface area contributed by atoms with Crippen molar-refractivity contribution in [2.24, 2.45) is 0 Å². The summed E-state index contributed by atoms with van der Waals surface area (Å²) in [5.74, 6) is 1.09. The zero-order chi connectivity index (χ0) is 21.1. The van der Waals surface area contributed by atoms with Crippen molar-refractivity contribution in [3.8, 4) is 5.75 Å². The second-order valence-electron chi connectivity index (χ2n) is 7.68. The summed E-state index contributed by atoms with van der Waals surface area (Å²) in [5, 5.41) is 5.80. The number of halogens is 1. The van der Waals surface area contributed by atoms with E-state index in [1.807, 2.05) is 23.6 Å². The third kappa shape index (κ3) is 4.69. The number of amides is 1. The summed E-state index contributed by atoms with van der Waals surface area (Å²) in [6.45, 7) is 4.96. The Labute approximate surface area is 185 Å². The highest BCUT2D eigenvalue weighted by molar-refractivity contribution is 7.10. The second kappa shape index (κ2) is 9.21. The fourth-order valence-corrected chi connectivity index (χ4v) is 4.69. The van der Waals surface area contributed by atoms with Crippen molar-refractivity contribution >= 4 is 28.8 Å². The maximum absolute atomic E-state index is 13.0. The number of nitrogens with one attached hydrogen (secondary N) is 1. The zero-order valence-electron chi connectivity index (χ0n) is 17.0. The molecule has 0 spiro atoms. The molecule has 2 aromatic carbocycles. The van der Waals surface area contributed by atoms with Crippen LogP contribution in [0.4, 0.5) is 0 Å². The number of fused-ring (bicyclic) bond motifs is 1. The Hall–Kier alpha value is -2.34. The minimum Gasteiger partial charge on any atom is -0.467 e. The Morgan fingerprint density at radius 3 is 2.63 bits per heavy atom. The van der Waals surface area contributed by atoms with Gasteiger partial charge in [0.1, 0.15) is 5.75 Å². The quantitative estimate of drug-likeness (QED) is 0.522. The molecule has 3 aromatic rings. The Morgan fingerprint density at radius 2 is 1.93 bits per heavy atom. The number of rotatable bonds is 6. The van der Waals surface area contributed by atoms with Crippen LogP contribution >= 0.6 is 22.9 Å². The molecule has 156 valence electrons. The van der Waals surface area contributed by atoms with Crippen LogP contribution in [-0.4, -0.2) is 12.7 Å². The fourth-order valence-electron chi connectivity index (χ4n) is 3.62. The molecule has 0 bridgehead atoms. The Kier molecular flexibility index (Phi) is 6.42. The third-order valence-corrected chi connectivity index (χ3v) is 6.33. The molecule has 4 nitrogen and oxygen atoms in total. The fraction of sp³-hybridized carbons (Fsp3) is 0.292. The first-order valence-electron chi connectivity index (χ1n) is 9.95. The number of hydrogen-bond acceptors (Lipinski definition) is 4. The highest BCUT2D eigenvalue weighted by atomic mass is 35.5. The number of hydrogen-bond donors (Lipinski definition) is 1. The van der Waals surface area contributed by atoms with Crippen LogP contribution in [0.25, 0.3) is 0 Å². The van der Waals surface area contributed by atoms with Crippen molar-refractivity contribution in [3.63, 3.8) is 0 Å². The molecule has 30 heavy (non-hydrogen) atoms. The summed E-state index contributed by atoms with van der Waals surface area (Å²) in [4.78, 5) is 14.1. The molecule has 0 fully saturated rings. The summed E-state index contributed by atoms with van der Waals surface area (Å²) < 4.78 is 11.0. The van der Waals surface area contributed by atoms with E-state index in [0.29, 0.717) is 23.3 Å². The van der Waals surface area contributed by atoms with Crippen LogP contribution in [-0.2, 0) is 22.6 Å². The lowest BCUT2D eigenvalue weighted by Gasteiger charge is -2.22. The number of carbonyl (C=O) groups is 1. The van der Waals surface area contributed by atoms with Gasteiger partial charge in [0.15, 0.2) is 6.79 Å². The van der Waals surface area contributed by atoms with Crippen molar-refractivity contribution in [2.75, 3.05) is 6.79 Å². The van der Waals surface area contributed by atoms with Crippen molar-refractivity contribution in [3.05, 3.63) is 86.1 Å². The lowest BCUT2D eigenvalue weighted by Crippen LogP contribution is -2.30. The van der Waals surface area contributed by atoms with E-state index in [0.717, 1.165) is 21.6 Å². The van der Waals surface area contributed by atoms with Crippen LogP contribution < -0.4 is 10.1 Å². The van der Waals surface area contributed by atoms with E-state index in [-0.39, 0.29) is 25.2 Å². The lowest BCUT2D eigenvalue weighted by atomic mass is 9.98. The van der Waals surface area contributed by atoms with Gasteiger partial charge >= 0.3 is 0 Å². The standard InChI is InChI=1S/C24H24ClNO3S/c1-15(2)16-5-7-17(8-6-16)23(21-4-3-9-30-21)26-22(27)12-18-10-20(25)11-19-13-28-14-29-24(18)19/h3-11,15,23H,12-14H2,1-2H3,(H,26,27)/t23-/m0/s1. The van der Waals surface area contributed by atoms with Gasteiger partial charge in [-0.3, -0.25) is 4.79 Å². The Morgan fingerprint density at radius 1 is 1.17 bits per heavy atom. The van der Waals surface area contributed by atoms with Gasteiger partial charge in [0.25, 0.3) is 0 Å². The van der Waals surface area contributed by atoms with Gasteiger partial charge in [-0.15, -0.1) is 11.3 Å². The molecule has 0 aliphatic carbocycles. The molecule has 1 atom stereocenters. The Balaban J connectivity index is 1.57. The number of thiophene rings is 1. The second-order valence-corrected chi connectivity index (χ2v) is 9.09. The average Bonchev–Trinajstić information content (AvgIpc) is 3.26. The van der Waals surface area contributed by atoms with Crippen molar-refractivity contribution < 1.29 is 14.3 Å². The molecule has 0 radical (unpaired) electrons. The predicted molar refractivity (Wildman–Crippen MR) is 120 cm³/mol. The summed E-state index contributed by atoms with van der Waals surface area (Å²) in [5.41, 5.74) is 3.99. The van der Waals surface area contributed by atoms with Gasteiger partial charge < -0.3 is 14.8 Å². The number of carbonyl (C=O) groups excluding carboxylic acids is 1. The van der Waals surface area contributed by atoms with Crippen LogP contribution in [0, 0.1) is 0 Å². The van der Waals surface area contributed by atoms with Gasteiger partial charge in [-0.2, -0.15) is 0 Å². The summed E-state index contributed by atoms with van der Waals surface area (Å²) >= 11 is 7.88. The highest BCUT2D eigenvalue weighted by Gasteiger charge is 2.22. The SMILES string of the molecule is CC(C)c1ccc([C@H](NC(=O)Cc2cc(Cl)cc3c2OCOC3)c2cccs2)cc1.